The van der Waals surface area contributed by atoms with E-state index in [0.29, 0.717) is 18.6 Å². The molecule has 0 aliphatic heterocycles. The second-order valence-corrected chi connectivity index (χ2v) is 9.61. The van der Waals surface area contributed by atoms with Crippen molar-refractivity contribution in [1.82, 2.24) is 9.99 Å². The highest BCUT2D eigenvalue weighted by Crippen LogP contribution is 2.43. The van der Waals surface area contributed by atoms with E-state index in [1.165, 1.54) is 31.2 Å². The van der Waals surface area contributed by atoms with Gasteiger partial charge in [0.25, 0.3) is 0 Å². The summed E-state index contributed by atoms with van der Waals surface area (Å²) in [5.74, 6) is 5.59. The highest BCUT2D eigenvalue weighted by molar-refractivity contribution is 5.97. The summed E-state index contributed by atoms with van der Waals surface area (Å²) in [6.45, 7) is 2.66. The van der Waals surface area contributed by atoms with Gasteiger partial charge >= 0.3 is 5.97 Å². The number of nitrogens with one attached hydrogen (secondary N) is 1. The van der Waals surface area contributed by atoms with Crippen LogP contribution in [-0.2, 0) is 35.8 Å². The predicted molar refractivity (Wildman–Crippen MR) is 141 cm³/mol. The van der Waals surface area contributed by atoms with Gasteiger partial charge in [0, 0.05) is 24.5 Å². The van der Waals surface area contributed by atoms with Crippen molar-refractivity contribution < 1.29 is 19.1 Å². The third kappa shape index (κ3) is 5.26. The number of carbonyl (C=O) groups excluding carboxylic acids is 2. The van der Waals surface area contributed by atoms with Crippen LogP contribution in [0.5, 0.6) is 5.75 Å². The molecule has 1 aliphatic carbocycles. The summed E-state index contributed by atoms with van der Waals surface area (Å²) in [5.41, 5.74) is 8.49. The Kier molecular flexibility index (Phi) is 8.31. The van der Waals surface area contributed by atoms with Crippen molar-refractivity contribution in [3.05, 3.63) is 64.3 Å². The highest BCUT2D eigenvalue weighted by Gasteiger charge is 2.32. The summed E-state index contributed by atoms with van der Waals surface area (Å²) in [4.78, 5) is 24.6. The Morgan fingerprint density at radius 1 is 1.14 bits per heavy atom. The molecule has 1 aliphatic rings. The van der Waals surface area contributed by atoms with Crippen LogP contribution in [-0.4, -0.2) is 30.2 Å². The fraction of sp³-hybridized carbons (Fsp3) is 0.448. The first kappa shape index (κ1) is 25.8. The van der Waals surface area contributed by atoms with Gasteiger partial charge in [-0.25, -0.2) is 10.6 Å². The van der Waals surface area contributed by atoms with Gasteiger partial charge in [0.2, 0.25) is 5.91 Å². The lowest BCUT2D eigenvalue weighted by Gasteiger charge is -2.23. The van der Waals surface area contributed by atoms with Gasteiger partial charge in [-0.2, -0.15) is 0 Å². The van der Waals surface area contributed by atoms with E-state index in [0.717, 1.165) is 59.9 Å². The van der Waals surface area contributed by atoms with Gasteiger partial charge in [-0.05, 0) is 73.1 Å². The molecule has 0 fully saturated rings. The van der Waals surface area contributed by atoms with Crippen LogP contribution in [0.2, 0.25) is 0 Å². The third-order valence-corrected chi connectivity index (χ3v) is 7.27. The standard InChI is InChI=1S/C29H37N3O4/c1-4-5-6-9-20-17-24-27(26-22(28(33)31-30)12-8-13-23(26)32(24)2)25(18-20)36-15-14-19-10-7-11-21(16-19)29(34)35-3/h7,10-11,16-18,22H,4-6,8-9,12-15,30H2,1-3H3,(H,31,33)/t22-/m0/s1. The molecule has 3 aromatic rings. The first-order valence-corrected chi connectivity index (χ1v) is 12.9. The Labute approximate surface area is 212 Å². The van der Waals surface area contributed by atoms with E-state index in [4.69, 9.17) is 15.3 Å². The maximum absolute atomic E-state index is 12.7. The largest absolute Gasteiger partial charge is 0.493 e. The normalized spacial score (nSPS) is 14.9. The fourth-order valence-electron chi connectivity index (χ4n) is 5.41. The minimum atomic E-state index is -0.348. The van der Waals surface area contributed by atoms with E-state index in [2.05, 4.69) is 36.1 Å². The maximum Gasteiger partial charge on any atom is 0.337 e. The molecule has 192 valence electrons. The summed E-state index contributed by atoms with van der Waals surface area (Å²) in [5, 5.41) is 1.02. The lowest BCUT2D eigenvalue weighted by molar-refractivity contribution is -0.122. The summed E-state index contributed by atoms with van der Waals surface area (Å²) in [6, 6.07) is 11.8. The number of nitrogens with zero attached hydrogens (tertiary/aromatic N) is 1. The highest BCUT2D eigenvalue weighted by atomic mass is 16.5. The molecule has 1 heterocycles. The number of rotatable bonds is 10. The Bertz CT molecular complexity index is 1250. The zero-order chi connectivity index (χ0) is 25.7. The van der Waals surface area contributed by atoms with E-state index in [1.807, 2.05) is 18.2 Å². The topological polar surface area (TPSA) is 95.6 Å². The number of aryl methyl sites for hydroxylation is 2. The molecule has 0 unspecified atom stereocenters. The SMILES string of the molecule is CCCCCc1cc(OCCc2cccc(C(=O)OC)c2)c2c3c(n(C)c2c1)CCC[C@@H]3C(=O)NN. The number of esters is 1. The molecule has 1 amide bonds. The molecule has 0 saturated heterocycles. The minimum absolute atomic E-state index is 0.152. The average Bonchev–Trinajstić information content (AvgIpc) is 3.20. The number of hydrogen-bond acceptors (Lipinski definition) is 5. The van der Waals surface area contributed by atoms with Gasteiger partial charge < -0.3 is 14.0 Å². The van der Waals surface area contributed by atoms with Crippen LogP contribution >= 0.6 is 0 Å². The monoisotopic (exact) mass is 491 g/mol. The van der Waals surface area contributed by atoms with E-state index in [1.54, 1.807) is 6.07 Å². The molecule has 0 saturated carbocycles. The maximum atomic E-state index is 12.7. The van der Waals surface area contributed by atoms with Crippen LogP contribution < -0.4 is 16.0 Å². The Hall–Kier alpha value is -3.32. The molecular weight excluding hydrogens is 454 g/mol. The van der Waals surface area contributed by atoms with Gasteiger partial charge in [-0.3, -0.25) is 10.2 Å². The Balaban J connectivity index is 1.69. The third-order valence-electron chi connectivity index (χ3n) is 7.27. The van der Waals surface area contributed by atoms with E-state index in [-0.39, 0.29) is 17.8 Å². The summed E-state index contributed by atoms with van der Waals surface area (Å²) in [6.07, 6.45) is 7.78. The quantitative estimate of drug-likeness (QED) is 0.141. The summed E-state index contributed by atoms with van der Waals surface area (Å²) in [7, 11) is 3.47. The molecule has 0 bridgehead atoms. The fourth-order valence-corrected chi connectivity index (χ4v) is 5.41. The molecular formula is C29H37N3O4. The number of ether oxygens (including phenoxy) is 2. The molecule has 36 heavy (non-hydrogen) atoms. The van der Waals surface area contributed by atoms with Gasteiger partial charge in [0.15, 0.2) is 0 Å². The number of unbranched alkanes of at least 4 members (excludes halogenated alkanes) is 2. The lowest BCUT2D eigenvalue weighted by atomic mass is 9.84. The van der Waals surface area contributed by atoms with Crippen LogP contribution in [0.15, 0.2) is 36.4 Å². The van der Waals surface area contributed by atoms with Crippen molar-refractivity contribution in [2.24, 2.45) is 12.9 Å². The number of methoxy groups -OCH3 is 1. The summed E-state index contributed by atoms with van der Waals surface area (Å²) < 4.78 is 13.5. The van der Waals surface area contributed by atoms with E-state index < -0.39 is 0 Å². The molecule has 3 N–H and O–H groups in total. The van der Waals surface area contributed by atoms with Crippen LogP contribution in [0, 0.1) is 0 Å². The van der Waals surface area contributed by atoms with E-state index >= 15 is 0 Å². The number of benzene rings is 2. The van der Waals surface area contributed by atoms with Crippen molar-refractivity contribution in [1.29, 1.82) is 0 Å². The molecule has 1 atom stereocenters. The van der Waals surface area contributed by atoms with Crippen molar-refractivity contribution in [3.8, 4) is 5.75 Å². The van der Waals surface area contributed by atoms with Crippen LogP contribution in [0.4, 0.5) is 0 Å². The molecule has 2 aromatic carbocycles. The lowest BCUT2D eigenvalue weighted by Crippen LogP contribution is -2.36. The zero-order valence-corrected chi connectivity index (χ0v) is 21.6. The molecule has 1 aromatic heterocycles. The second-order valence-electron chi connectivity index (χ2n) is 9.61. The van der Waals surface area contributed by atoms with Crippen LogP contribution in [0.3, 0.4) is 0 Å². The van der Waals surface area contributed by atoms with Gasteiger partial charge in [-0.1, -0.05) is 31.9 Å². The van der Waals surface area contributed by atoms with Crippen LogP contribution in [0.1, 0.15) is 77.7 Å². The summed E-state index contributed by atoms with van der Waals surface area (Å²) >= 11 is 0. The van der Waals surface area contributed by atoms with Crippen molar-refractivity contribution in [3.63, 3.8) is 0 Å². The van der Waals surface area contributed by atoms with Gasteiger partial charge in [0.05, 0.1) is 30.7 Å². The molecule has 7 nitrogen and oxygen atoms in total. The zero-order valence-electron chi connectivity index (χ0n) is 21.6. The number of nitrogens with two attached hydrogens (primary N) is 1. The number of carbonyl (C=O) groups is 2. The Morgan fingerprint density at radius 3 is 2.72 bits per heavy atom. The van der Waals surface area contributed by atoms with E-state index in [9.17, 15) is 9.59 Å². The van der Waals surface area contributed by atoms with Crippen molar-refractivity contribution in [2.75, 3.05) is 13.7 Å². The molecule has 7 heteroatoms. The van der Waals surface area contributed by atoms with Crippen LogP contribution in [0.25, 0.3) is 10.9 Å². The predicted octanol–water partition coefficient (Wildman–Crippen LogP) is 4.73. The molecule has 4 rings (SSSR count). The average molecular weight is 492 g/mol. The van der Waals surface area contributed by atoms with Gasteiger partial charge in [-0.15, -0.1) is 0 Å². The number of hydrazine groups is 1. The van der Waals surface area contributed by atoms with Crippen molar-refractivity contribution in [2.45, 2.75) is 64.2 Å². The second kappa shape index (κ2) is 11.6. The van der Waals surface area contributed by atoms with Gasteiger partial charge in [0.1, 0.15) is 5.75 Å². The first-order chi connectivity index (χ1) is 17.5. The number of amides is 1. The minimum Gasteiger partial charge on any atom is -0.493 e. The number of fused-ring (bicyclic) bond motifs is 3. The smallest absolute Gasteiger partial charge is 0.337 e. The number of aromatic nitrogens is 1. The molecule has 0 radical (unpaired) electrons. The Morgan fingerprint density at radius 2 is 1.97 bits per heavy atom. The number of hydrogen-bond donors (Lipinski definition) is 2. The first-order valence-electron chi connectivity index (χ1n) is 12.9. The molecule has 0 spiro atoms. The van der Waals surface area contributed by atoms with Crippen molar-refractivity contribution >= 4 is 22.8 Å².